The molecule has 1 saturated heterocycles. The van der Waals surface area contributed by atoms with Crippen LogP contribution in [0.4, 0.5) is 8.78 Å². The molecule has 3 N–H and O–H groups in total. The van der Waals surface area contributed by atoms with Gasteiger partial charge in [0.2, 0.25) is 11.7 Å². The predicted octanol–water partition coefficient (Wildman–Crippen LogP) is 4.27. The average molecular weight is 627 g/mol. The number of ether oxygens (including phenoxy) is 1. The lowest BCUT2D eigenvalue weighted by Gasteiger charge is -2.29. The molecule has 242 valence electrons. The second-order valence-corrected chi connectivity index (χ2v) is 13.1. The van der Waals surface area contributed by atoms with Crippen LogP contribution >= 0.6 is 0 Å². The zero-order valence-corrected chi connectivity index (χ0v) is 25.2. The van der Waals surface area contributed by atoms with Crippen LogP contribution < -0.4 is 15.4 Å². The summed E-state index contributed by atoms with van der Waals surface area (Å²) >= 11 is 0. The number of carbonyl (C=O) groups is 5. The van der Waals surface area contributed by atoms with E-state index in [9.17, 15) is 32.8 Å². The van der Waals surface area contributed by atoms with E-state index in [0.717, 1.165) is 51.4 Å². The first-order valence-corrected chi connectivity index (χ1v) is 16.2. The van der Waals surface area contributed by atoms with Gasteiger partial charge in [-0.25, -0.2) is 0 Å². The molecule has 6 rings (SSSR count). The van der Waals surface area contributed by atoms with Gasteiger partial charge in [-0.2, -0.15) is 8.78 Å². The van der Waals surface area contributed by atoms with Gasteiger partial charge in [-0.1, -0.05) is 31.7 Å². The average Bonchev–Trinajstić information content (AvgIpc) is 3.81. The number of fused-ring (bicyclic) bond motifs is 2. The molecule has 3 aliphatic carbocycles. The van der Waals surface area contributed by atoms with Crippen molar-refractivity contribution in [1.29, 1.82) is 0 Å². The Balaban J connectivity index is 1.23. The van der Waals surface area contributed by atoms with Crippen molar-refractivity contribution in [2.75, 3.05) is 6.54 Å². The Kier molecular flexibility index (Phi) is 9.18. The van der Waals surface area contributed by atoms with Gasteiger partial charge in [0.25, 0.3) is 11.8 Å². The molecule has 5 atom stereocenters. The number of rotatable bonds is 10. The van der Waals surface area contributed by atoms with E-state index >= 15 is 0 Å². The molecule has 2 heterocycles. The molecule has 0 spiro atoms. The van der Waals surface area contributed by atoms with Crippen molar-refractivity contribution in [3.05, 3.63) is 30.0 Å². The Labute approximate surface area is 260 Å². The highest BCUT2D eigenvalue weighted by Crippen LogP contribution is 2.43. The number of hydrogen-bond acceptors (Lipinski definition) is 6. The number of amides is 3. The number of hydrogen-bond donors (Lipinski definition) is 3. The summed E-state index contributed by atoms with van der Waals surface area (Å²) in [7, 11) is 0. The lowest BCUT2D eigenvalue weighted by Crippen LogP contribution is -2.56. The van der Waals surface area contributed by atoms with Gasteiger partial charge in [-0.3, -0.25) is 24.0 Å². The fourth-order valence-corrected chi connectivity index (χ4v) is 8.02. The summed E-state index contributed by atoms with van der Waals surface area (Å²) in [5.74, 6) is -3.01. The summed E-state index contributed by atoms with van der Waals surface area (Å²) in [6, 6.07) is 3.86. The Morgan fingerprint density at radius 1 is 1.00 bits per heavy atom. The number of benzene rings is 1. The molecule has 12 heteroatoms. The van der Waals surface area contributed by atoms with Crippen LogP contribution in [0.3, 0.4) is 0 Å². The van der Waals surface area contributed by atoms with E-state index in [0.29, 0.717) is 36.7 Å². The van der Waals surface area contributed by atoms with E-state index in [1.54, 1.807) is 6.07 Å². The van der Waals surface area contributed by atoms with E-state index in [1.807, 2.05) is 0 Å². The van der Waals surface area contributed by atoms with Crippen LogP contribution in [0.25, 0.3) is 10.9 Å². The summed E-state index contributed by atoms with van der Waals surface area (Å²) in [6.45, 7) is -2.70. The fraction of sp³-hybridized carbons (Fsp3) is 0.606. The fourth-order valence-electron chi connectivity index (χ4n) is 8.02. The smallest absolute Gasteiger partial charge is 0.387 e. The number of aromatic nitrogens is 1. The highest BCUT2D eigenvalue weighted by Gasteiger charge is 2.50. The quantitative estimate of drug-likeness (QED) is 0.337. The minimum atomic E-state index is -3.03. The number of nitrogens with one attached hydrogen (secondary N) is 3. The zero-order valence-electron chi connectivity index (χ0n) is 25.2. The zero-order chi connectivity index (χ0) is 31.7. The first kappa shape index (κ1) is 31.2. The van der Waals surface area contributed by atoms with Crippen molar-refractivity contribution < 1.29 is 37.5 Å². The van der Waals surface area contributed by atoms with Gasteiger partial charge in [0.1, 0.15) is 23.3 Å². The van der Waals surface area contributed by atoms with Crippen molar-refractivity contribution in [3.8, 4) is 5.75 Å². The maximum absolute atomic E-state index is 14.1. The molecule has 2 aromatic rings. The van der Waals surface area contributed by atoms with E-state index in [1.165, 1.54) is 23.1 Å². The topological polar surface area (TPSA) is 138 Å². The molecule has 0 bridgehead atoms. The van der Waals surface area contributed by atoms with Crippen LogP contribution in [0.1, 0.15) is 87.5 Å². The maximum Gasteiger partial charge on any atom is 0.387 e. The van der Waals surface area contributed by atoms with E-state index in [2.05, 4.69) is 20.4 Å². The Morgan fingerprint density at radius 3 is 2.53 bits per heavy atom. The Morgan fingerprint density at radius 2 is 1.80 bits per heavy atom. The van der Waals surface area contributed by atoms with Gasteiger partial charge in [-0.15, -0.1) is 0 Å². The summed E-state index contributed by atoms with van der Waals surface area (Å²) < 4.78 is 30.6. The largest absolute Gasteiger partial charge is 0.434 e. The van der Waals surface area contributed by atoms with Crippen molar-refractivity contribution in [2.24, 2.45) is 17.8 Å². The predicted molar refractivity (Wildman–Crippen MR) is 160 cm³/mol. The van der Waals surface area contributed by atoms with Crippen LogP contribution in [0.2, 0.25) is 0 Å². The van der Waals surface area contributed by atoms with Gasteiger partial charge < -0.3 is 25.3 Å². The highest BCUT2D eigenvalue weighted by molar-refractivity contribution is 6.38. The summed E-state index contributed by atoms with van der Waals surface area (Å²) in [5, 5.41) is 5.98. The normalized spacial score (nSPS) is 25.8. The molecule has 1 aromatic carbocycles. The minimum absolute atomic E-state index is 0.0252. The highest BCUT2D eigenvalue weighted by atomic mass is 19.3. The van der Waals surface area contributed by atoms with Gasteiger partial charge in [0, 0.05) is 35.8 Å². The molecular weight excluding hydrogens is 586 g/mol. The second kappa shape index (κ2) is 13.3. The molecule has 3 saturated carbocycles. The van der Waals surface area contributed by atoms with Gasteiger partial charge in [0.05, 0.1) is 6.04 Å². The van der Waals surface area contributed by atoms with E-state index in [-0.39, 0.29) is 41.5 Å². The summed E-state index contributed by atoms with van der Waals surface area (Å²) in [5.41, 5.74) is 0.567. The molecule has 0 unspecified atom stereocenters. The van der Waals surface area contributed by atoms with Crippen molar-refractivity contribution >= 4 is 40.2 Å². The van der Waals surface area contributed by atoms with Crippen LogP contribution in [0.15, 0.2) is 24.3 Å². The standard InChI is InChI=1S/C33H40F2N4O6/c34-33(35)45-27-14-6-12-23-22(27)16-25(37-23)32(44)39-17-19-8-4-11-21(19)28(39)30(42)38-24(15-18-7-5-13-26(18)40)29(41)31(43)36-20-9-2-1-3-10-20/h6,12,14,16,18-21,24,28,33,37H,1-5,7-11,13,15,17H2,(H,36,43)(H,38,42)/t18-,19-,21-,24-,28-/m0/s1. The minimum Gasteiger partial charge on any atom is -0.434 e. The molecule has 45 heavy (non-hydrogen) atoms. The molecule has 0 radical (unpaired) electrons. The molecule has 3 amide bonds. The molecule has 10 nitrogen and oxygen atoms in total. The Hall–Kier alpha value is -3.83. The molecular formula is C33H40F2N4O6. The molecule has 1 aromatic heterocycles. The SMILES string of the molecule is O=C(NC1CCCCC1)C(=O)[C@H](C[C@@H]1CCCC1=O)NC(=O)[C@@H]1[C@H]2CCC[C@H]2CN1C(=O)c1cc2c(OC(F)F)cccc2[nH]1. The van der Waals surface area contributed by atoms with Crippen molar-refractivity contribution in [3.63, 3.8) is 0 Å². The number of alkyl halides is 2. The van der Waals surface area contributed by atoms with E-state index in [4.69, 9.17) is 0 Å². The van der Waals surface area contributed by atoms with Crippen LogP contribution in [0, 0.1) is 17.8 Å². The number of ketones is 2. The van der Waals surface area contributed by atoms with Gasteiger partial charge in [-0.05, 0) is 75.0 Å². The monoisotopic (exact) mass is 626 g/mol. The number of H-pyrrole nitrogens is 1. The number of aromatic amines is 1. The van der Waals surface area contributed by atoms with Crippen molar-refractivity contribution in [1.82, 2.24) is 20.5 Å². The number of carbonyl (C=O) groups excluding carboxylic acids is 5. The van der Waals surface area contributed by atoms with Crippen LogP contribution in [-0.4, -0.2) is 70.5 Å². The molecule has 4 fully saturated rings. The number of likely N-dealkylation sites (tertiary alicyclic amines) is 1. The third kappa shape index (κ3) is 6.60. The molecule has 1 aliphatic heterocycles. The maximum atomic E-state index is 14.1. The third-order valence-electron chi connectivity index (χ3n) is 10.2. The third-order valence-corrected chi connectivity index (χ3v) is 10.2. The van der Waals surface area contributed by atoms with Gasteiger partial charge in [0.15, 0.2) is 0 Å². The lowest BCUT2D eigenvalue weighted by atomic mass is 9.91. The molecule has 4 aliphatic rings. The van der Waals surface area contributed by atoms with E-state index < -0.39 is 48.1 Å². The van der Waals surface area contributed by atoms with Gasteiger partial charge >= 0.3 is 6.61 Å². The first-order chi connectivity index (χ1) is 21.7. The van der Waals surface area contributed by atoms with Crippen molar-refractivity contribution in [2.45, 2.75) is 102 Å². The summed E-state index contributed by atoms with van der Waals surface area (Å²) in [4.78, 5) is 71.7. The number of Topliss-reactive ketones (excluding diaryl/α,β-unsaturated/α-hetero) is 2. The summed E-state index contributed by atoms with van der Waals surface area (Å²) in [6.07, 6.45) is 8.87. The number of halogens is 2. The van der Waals surface area contributed by atoms with Crippen LogP contribution in [-0.2, 0) is 19.2 Å². The Bertz CT molecular complexity index is 1470. The second-order valence-electron chi connectivity index (χ2n) is 13.1. The first-order valence-electron chi connectivity index (χ1n) is 16.2. The number of nitrogens with zero attached hydrogens (tertiary/aromatic N) is 1. The lowest BCUT2D eigenvalue weighted by molar-refractivity contribution is -0.141. The van der Waals surface area contributed by atoms with Crippen LogP contribution in [0.5, 0.6) is 5.75 Å².